The van der Waals surface area contributed by atoms with E-state index >= 15 is 0 Å². The Morgan fingerprint density at radius 2 is 1.89 bits per heavy atom. The van der Waals surface area contributed by atoms with Gasteiger partial charge >= 0.3 is 11.7 Å². The zero-order valence-electron chi connectivity index (χ0n) is 15.8. The molecule has 1 aliphatic rings. The molecule has 0 spiro atoms. The van der Waals surface area contributed by atoms with E-state index in [4.69, 9.17) is 9.47 Å². The number of hydrogen-bond acceptors (Lipinski definition) is 5. The third-order valence-electron chi connectivity index (χ3n) is 5.26. The molecule has 144 valence electrons. The molecule has 2 aromatic rings. The molecule has 1 aromatic heterocycles. The second kappa shape index (κ2) is 7.15. The van der Waals surface area contributed by atoms with Crippen LogP contribution in [0.1, 0.15) is 44.3 Å². The van der Waals surface area contributed by atoms with Crippen molar-refractivity contribution in [2.75, 3.05) is 0 Å². The van der Waals surface area contributed by atoms with Gasteiger partial charge in [0.15, 0.2) is 11.8 Å². The van der Waals surface area contributed by atoms with E-state index in [-0.39, 0.29) is 17.9 Å². The Labute approximate surface area is 156 Å². The zero-order chi connectivity index (χ0) is 19.8. The first-order valence-electron chi connectivity index (χ1n) is 8.99. The number of ether oxygens (including phenoxy) is 2. The maximum absolute atomic E-state index is 12.7. The highest BCUT2D eigenvalue weighted by molar-refractivity contribution is 5.89. The molecule has 7 heteroatoms. The third-order valence-corrected chi connectivity index (χ3v) is 5.26. The van der Waals surface area contributed by atoms with Crippen LogP contribution in [0.15, 0.2) is 52.2 Å². The zero-order valence-corrected chi connectivity index (χ0v) is 15.8. The number of carbonyl (C=O) groups is 1. The maximum atomic E-state index is 12.7. The van der Waals surface area contributed by atoms with Crippen molar-refractivity contribution >= 4 is 5.97 Å². The average Bonchev–Trinajstić information content (AvgIpc) is 2.87. The second-order valence-electron chi connectivity index (χ2n) is 7.44. The van der Waals surface area contributed by atoms with E-state index in [0.29, 0.717) is 5.56 Å². The first-order valence-corrected chi connectivity index (χ1v) is 8.99. The highest BCUT2D eigenvalue weighted by Gasteiger charge is 2.56. The van der Waals surface area contributed by atoms with Gasteiger partial charge in [0.1, 0.15) is 0 Å². The number of nitrogens with one attached hydrogen (secondary N) is 1. The smallest absolute Gasteiger partial charge is 0.338 e. The van der Waals surface area contributed by atoms with Crippen molar-refractivity contribution < 1.29 is 14.3 Å². The molecule has 2 heterocycles. The lowest BCUT2D eigenvalue weighted by Gasteiger charge is -2.34. The summed E-state index contributed by atoms with van der Waals surface area (Å²) in [5, 5.41) is 0. The van der Waals surface area contributed by atoms with E-state index in [0.717, 1.165) is 0 Å². The maximum Gasteiger partial charge on any atom is 0.338 e. The van der Waals surface area contributed by atoms with E-state index in [2.05, 4.69) is 4.98 Å². The third kappa shape index (κ3) is 3.47. The summed E-state index contributed by atoms with van der Waals surface area (Å²) in [6.07, 6.45) is 0.301. The van der Waals surface area contributed by atoms with Gasteiger partial charge in [-0.3, -0.25) is 14.3 Å². The van der Waals surface area contributed by atoms with Crippen molar-refractivity contribution in [1.82, 2.24) is 9.55 Å². The lowest BCUT2D eigenvalue weighted by molar-refractivity contribution is -0.101. The number of nitrogens with zero attached hydrogens (tertiary/aromatic N) is 1. The minimum atomic E-state index is -1.09. The van der Waals surface area contributed by atoms with Crippen molar-refractivity contribution in [1.29, 1.82) is 0 Å². The summed E-state index contributed by atoms with van der Waals surface area (Å²) in [7, 11) is 0. The van der Waals surface area contributed by atoms with Gasteiger partial charge in [0.25, 0.3) is 5.56 Å². The molecule has 0 bridgehead atoms. The number of esters is 1. The number of aromatic amines is 1. The molecule has 1 aromatic carbocycles. The average molecular weight is 372 g/mol. The van der Waals surface area contributed by atoms with Gasteiger partial charge in [-0.1, -0.05) is 39.0 Å². The quantitative estimate of drug-likeness (QED) is 0.832. The summed E-state index contributed by atoms with van der Waals surface area (Å²) in [6, 6.07) is 9.93. The molecule has 3 rings (SSSR count). The Balaban J connectivity index is 2.02. The lowest BCUT2D eigenvalue weighted by Crippen LogP contribution is -2.46. The van der Waals surface area contributed by atoms with Crippen LogP contribution in [-0.2, 0) is 9.47 Å². The predicted molar refractivity (Wildman–Crippen MR) is 99.5 cm³/mol. The van der Waals surface area contributed by atoms with Crippen molar-refractivity contribution in [3.63, 3.8) is 0 Å². The molecule has 0 radical (unpaired) electrons. The van der Waals surface area contributed by atoms with Crippen LogP contribution >= 0.6 is 0 Å². The molecule has 1 saturated heterocycles. The van der Waals surface area contributed by atoms with Gasteiger partial charge in [-0.05, 0) is 25.0 Å². The van der Waals surface area contributed by atoms with Crippen LogP contribution in [0.25, 0.3) is 0 Å². The summed E-state index contributed by atoms with van der Waals surface area (Å²) < 4.78 is 13.3. The van der Waals surface area contributed by atoms with Gasteiger partial charge in [0, 0.05) is 18.2 Å². The molecule has 4 atom stereocenters. The number of carbonyl (C=O) groups excluding carboxylic acids is 1. The normalized spacial score (nSPS) is 27.7. The van der Waals surface area contributed by atoms with Crippen LogP contribution in [0.2, 0.25) is 0 Å². The fourth-order valence-corrected chi connectivity index (χ4v) is 3.62. The Morgan fingerprint density at radius 1 is 1.22 bits per heavy atom. The standard InChI is InChI=1S/C20H24N2O5/c1-12(2)16-13(3)20(4,27-17(24)14-8-6-5-7-9-14)18(26-16)22-11-10-15(23)21-19(22)25/h5-13,16,18H,1-4H3,(H,21,23,25)/t13-,16-,18-,20-/m1/s1. The summed E-state index contributed by atoms with van der Waals surface area (Å²) >= 11 is 0. The highest BCUT2D eigenvalue weighted by Crippen LogP contribution is 2.47. The van der Waals surface area contributed by atoms with E-state index < -0.39 is 29.0 Å². The molecule has 0 amide bonds. The van der Waals surface area contributed by atoms with Gasteiger partial charge < -0.3 is 9.47 Å². The van der Waals surface area contributed by atoms with E-state index in [9.17, 15) is 14.4 Å². The molecule has 7 nitrogen and oxygen atoms in total. The van der Waals surface area contributed by atoms with E-state index in [1.165, 1.54) is 16.8 Å². The van der Waals surface area contributed by atoms with Crippen molar-refractivity contribution in [2.24, 2.45) is 11.8 Å². The molecule has 1 fully saturated rings. The van der Waals surface area contributed by atoms with Crippen LogP contribution in [0, 0.1) is 11.8 Å². The fraction of sp³-hybridized carbons (Fsp3) is 0.450. The van der Waals surface area contributed by atoms with Crippen LogP contribution in [0.5, 0.6) is 0 Å². The largest absolute Gasteiger partial charge is 0.451 e. The highest BCUT2D eigenvalue weighted by atomic mass is 16.6. The molecular formula is C20H24N2O5. The van der Waals surface area contributed by atoms with Gasteiger partial charge in [-0.15, -0.1) is 0 Å². The SMILES string of the molecule is CC(C)[C@H]1O[C@@H](n2ccc(=O)[nH]c2=O)[C@](C)(OC(=O)c2ccccc2)[C@@H]1C. The fourth-order valence-electron chi connectivity index (χ4n) is 3.62. The number of rotatable bonds is 4. The lowest BCUT2D eigenvalue weighted by atomic mass is 9.83. The summed E-state index contributed by atoms with van der Waals surface area (Å²) in [6.45, 7) is 7.74. The number of H-pyrrole nitrogens is 1. The summed E-state index contributed by atoms with van der Waals surface area (Å²) in [4.78, 5) is 38.7. The van der Waals surface area contributed by atoms with Crippen LogP contribution in [0.3, 0.4) is 0 Å². The Bertz CT molecular complexity index is 933. The Morgan fingerprint density at radius 3 is 2.48 bits per heavy atom. The molecule has 0 unspecified atom stereocenters. The predicted octanol–water partition coefficient (Wildman–Crippen LogP) is 2.34. The number of benzene rings is 1. The van der Waals surface area contributed by atoms with Crippen molar-refractivity contribution in [3.05, 3.63) is 69.0 Å². The minimum Gasteiger partial charge on any atom is -0.451 e. The first kappa shape index (κ1) is 19.1. The summed E-state index contributed by atoms with van der Waals surface area (Å²) in [5.74, 6) is -0.507. The monoisotopic (exact) mass is 372 g/mol. The molecule has 27 heavy (non-hydrogen) atoms. The molecule has 0 saturated carbocycles. The van der Waals surface area contributed by atoms with Gasteiger partial charge in [0.05, 0.1) is 11.7 Å². The topological polar surface area (TPSA) is 90.4 Å². The van der Waals surface area contributed by atoms with Crippen molar-refractivity contribution in [2.45, 2.75) is 45.6 Å². The number of aromatic nitrogens is 2. The minimum absolute atomic E-state index is 0.151. The molecule has 0 aliphatic carbocycles. The van der Waals surface area contributed by atoms with Gasteiger partial charge in [-0.25, -0.2) is 9.59 Å². The summed E-state index contributed by atoms with van der Waals surface area (Å²) in [5.41, 5.74) is -1.77. The van der Waals surface area contributed by atoms with E-state index in [1.54, 1.807) is 31.2 Å². The van der Waals surface area contributed by atoms with E-state index in [1.807, 2.05) is 26.8 Å². The van der Waals surface area contributed by atoms with Gasteiger partial charge in [0.2, 0.25) is 0 Å². The van der Waals surface area contributed by atoms with Crippen LogP contribution in [0.4, 0.5) is 0 Å². The number of hydrogen-bond donors (Lipinski definition) is 1. The van der Waals surface area contributed by atoms with Crippen LogP contribution < -0.4 is 11.2 Å². The molecule has 1 aliphatic heterocycles. The van der Waals surface area contributed by atoms with Crippen molar-refractivity contribution in [3.8, 4) is 0 Å². The first-order chi connectivity index (χ1) is 12.7. The molecular weight excluding hydrogens is 348 g/mol. The van der Waals surface area contributed by atoms with Crippen LogP contribution in [-0.4, -0.2) is 27.2 Å². The molecule has 1 N–H and O–H groups in total. The Hall–Kier alpha value is -2.67. The van der Waals surface area contributed by atoms with Gasteiger partial charge in [-0.2, -0.15) is 0 Å². The Kier molecular flexibility index (Phi) is 5.06. The second-order valence-corrected chi connectivity index (χ2v) is 7.44.